The molecule has 0 radical (unpaired) electrons. The lowest BCUT2D eigenvalue weighted by molar-refractivity contribution is 0.0952. The van der Waals surface area contributed by atoms with Crippen molar-refractivity contribution in [2.75, 3.05) is 0 Å². The Hall–Kier alpha value is -3.54. The Morgan fingerprint density at radius 3 is 2.39 bits per heavy atom. The quantitative estimate of drug-likeness (QED) is 0.245. The molecule has 4 rings (SSSR count). The molecule has 0 atom stereocenters. The van der Waals surface area contributed by atoms with Gasteiger partial charge in [-0.15, -0.1) is 0 Å². The number of rotatable bonds is 6. The first-order chi connectivity index (χ1) is 15.9. The lowest BCUT2D eigenvalue weighted by atomic mass is 10.1. The first-order valence-corrected chi connectivity index (χ1v) is 10.9. The summed E-state index contributed by atoms with van der Waals surface area (Å²) in [6.07, 6.45) is 1.41. The molecular weight excluding hydrogens is 459 g/mol. The number of amides is 1. The van der Waals surface area contributed by atoms with Gasteiger partial charge < -0.3 is 9.84 Å². The zero-order valence-corrected chi connectivity index (χ0v) is 19.2. The van der Waals surface area contributed by atoms with E-state index in [1.54, 1.807) is 24.3 Å². The van der Waals surface area contributed by atoms with E-state index >= 15 is 0 Å². The summed E-state index contributed by atoms with van der Waals surface area (Å²) >= 11 is 12.7. The standard InChI is InChI=1S/C26H20Cl2N2O3/c1-16-5-4-6-17(9-16)15-33-25-22(27)10-18(11-23(25)28)14-29-30-26(32)21-12-19-7-2-3-8-20(19)13-24(21)31/h2-14,31H,15H2,1H3,(H,30,32). The summed E-state index contributed by atoms with van der Waals surface area (Å²) in [5, 5.41) is 16.5. The van der Waals surface area contributed by atoms with Gasteiger partial charge in [0.2, 0.25) is 0 Å². The first kappa shape index (κ1) is 22.6. The summed E-state index contributed by atoms with van der Waals surface area (Å²) in [7, 11) is 0. The highest BCUT2D eigenvalue weighted by atomic mass is 35.5. The minimum atomic E-state index is -0.537. The molecule has 4 aromatic rings. The molecule has 4 aromatic carbocycles. The second-order valence-electron chi connectivity index (χ2n) is 7.51. The molecular formula is C26H20Cl2N2O3. The van der Waals surface area contributed by atoms with Gasteiger partial charge in [-0.3, -0.25) is 4.79 Å². The average Bonchev–Trinajstić information content (AvgIpc) is 2.78. The second-order valence-corrected chi connectivity index (χ2v) is 8.32. The number of aromatic hydroxyl groups is 1. The van der Waals surface area contributed by atoms with E-state index in [4.69, 9.17) is 27.9 Å². The fraction of sp³-hybridized carbons (Fsp3) is 0.0769. The maximum absolute atomic E-state index is 12.5. The van der Waals surface area contributed by atoms with E-state index in [1.165, 1.54) is 6.21 Å². The van der Waals surface area contributed by atoms with Crippen LogP contribution in [0.4, 0.5) is 0 Å². The van der Waals surface area contributed by atoms with Crippen LogP contribution in [0.2, 0.25) is 10.0 Å². The number of phenolic OH excluding ortho intramolecular Hbond substituents is 1. The van der Waals surface area contributed by atoms with Gasteiger partial charge in [-0.1, -0.05) is 77.3 Å². The highest BCUT2D eigenvalue weighted by Gasteiger charge is 2.13. The number of ether oxygens (including phenoxy) is 1. The first-order valence-electron chi connectivity index (χ1n) is 10.1. The minimum Gasteiger partial charge on any atom is -0.507 e. The Labute approximate surface area is 201 Å². The summed E-state index contributed by atoms with van der Waals surface area (Å²) in [6.45, 7) is 2.34. The topological polar surface area (TPSA) is 70.9 Å². The van der Waals surface area contributed by atoms with Crippen LogP contribution in [0, 0.1) is 6.92 Å². The monoisotopic (exact) mass is 478 g/mol. The summed E-state index contributed by atoms with van der Waals surface area (Å²) < 4.78 is 5.81. The van der Waals surface area contributed by atoms with Crippen molar-refractivity contribution in [1.29, 1.82) is 0 Å². The average molecular weight is 479 g/mol. The summed E-state index contributed by atoms with van der Waals surface area (Å²) in [5.41, 5.74) is 5.26. The third-order valence-electron chi connectivity index (χ3n) is 4.97. The third-order valence-corrected chi connectivity index (χ3v) is 5.54. The molecule has 0 heterocycles. The Morgan fingerprint density at radius 1 is 1.00 bits per heavy atom. The van der Waals surface area contributed by atoms with Crippen molar-refractivity contribution >= 4 is 46.1 Å². The fourth-order valence-electron chi connectivity index (χ4n) is 3.39. The van der Waals surface area contributed by atoms with Gasteiger partial charge in [0.1, 0.15) is 12.4 Å². The van der Waals surface area contributed by atoms with Crippen LogP contribution in [0.3, 0.4) is 0 Å². The van der Waals surface area contributed by atoms with E-state index in [9.17, 15) is 9.90 Å². The molecule has 0 fully saturated rings. The van der Waals surface area contributed by atoms with E-state index in [0.29, 0.717) is 28.0 Å². The van der Waals surface area contributed by atoms with Crippen molar-refractivity contribution in [3.8, 4) is 11.5 Å². The highest BCUT2D eigenvalue weighted by molar-refractivity contribution is 6.37. The molecule has 0 saturated heterocycles. The van der Waals surface area contributed by atoms with Gasteiger partial charge in [0.15, 0.2) is 5.75 Å². The van der Waals surface area contributed by atoms with Gasteiger partial charge in [-0.2, -0.15) is 5.10 Å². The van der Waals surface area contributed by atoms with Crippen molar-refractivity contribution in [1.82, 2.24) is 5.43 Å². The number of carbonyl (C=O) groups is 1. The second kappa shape index (κ2) is 9.94. The van der Waals surface area contributed by atoms with Gasteiger partial charge >= 0.3 is 0 Å². The smallest absolute Gasteiger partial charge is 0.275 e. The summed E-state index contributed by atoms with van der Waals surface area (Å²) in [5.74, 6) is -0.283. The lowest BCUT2D eigenvalue weighted by Crippen LogP contribution is -2.17. The van der Waals surface area contributed by atoms with Crippen LogP contribution in [0.25, 0.3) is 10.8 Å². The van der Waals surface area contributed by atoms with Crippen molar-refractivity contribution in [2.45, 2.75) is 13.5 Å². The summed E-state index contributed by atoms with van der Waals surface area (Å²) in [6, 6.07) is 21.8. The number of phenols is 1. The number of halogens is 2. The number of fused-ring (bicyclic) bond motifs is 1. The van der Waals surface area contributed by atoms with Gasteiger partial charge in [0.25, 0.3) is 5.91 Å². The van der Waals surface area contributed by atoms with Crippen LogP contribution in [-0.4, -0.2) is 17.2 Å². The van der Waals surface area contributed by atoms with Crippen molar-refractivity contribution in [3.05, 3.63) is 105 Å². The van der Waals surface area contributed by atoms with Crippen molar-refractivity contribution in [2.24, 2.45) is 5.10 Å². The molecule has 0 aliphatic carbocycles. The fourth-order valence-corrected chi connectivity index (χ4v) is 4.00. The maximum Gasteiger partial charge on any atom is 0.275 e. The van der Waals surface area contributed by atoms with Gasteiger partial charge in [0, 0.05) is 0 Å². The minimum absolute atomic E-state index is 0.123. The molecule has 0 spiro atoms. The largest absolute Gasteiger partial charge is 0.507 e. The molecule has 1 amide bonds. The van der Waals surface area contributed by atoms with Crippen molar-refractivity contribution in [3.63, 3.8) is 0 Å². The number of hydrazone groups is 1. The van der Waals surface area contributed by atoms with Gasteiger partial charge in [-0.05, 0) is 53.1 Å². The highest BCUT2D eigenvalue weighted by Crippen LogP contribution is 2.34. The number of nitrogens with zero attached hydrogens (tertiary/aromatic N) is 1. The molecule has 0 aliphatic rings. The van der Waals surface area contributed by atoms with E-state index in [0.717, 1.165) is 21.9 Å². The van der Waals surface area contributed by atoms with E-state index in [1.807, 2.05) is 55.5 Å². The van der Waals surface area contributed by atoms with Crippen LogP contribution >= 0.6 is 23.2 Å². The molecule has 33 heavy (non-hydrogen) atoms. The lowest BCUT2D eigenvalue weighted by Gasteiger charge is -2.11. The maximum atomic E-state index is 12.5. The number of nitrogens with one attached hydrogen (secondary N) is 1. The van der Waals surface area contributed by atoms with Crippen LogP contribution in [-0.2, 0) is 6.61 Å². The molecule has 0 bridgehead atoms. The molecule has 7 heteroatoms. The zero-order valence-electron chi connectivity index (χ0n) is 17.7. The molecule has 2 N–H and O–H groups in total. The van der Waals surface area contributed by atoms with Gasteiger partial charge in [0.05, 0.1) is 21.8 Å². The summed E-state index contributed by atoms with van der Waals surface area (Å²) in [4.78, 5) is 12.5. The molecule has 166 valence electrons. The SMILES string of the molecule is Cc1cccc(COc2c(Cl)cc(C=NNC(=O)c3cc4ccccc4cc3O)cc2Cl)c1. The van der Waals surface area contributed by atoms with Crippen LogP contribution in [0.1, 0.15) is 27.0 Å². The normalized spacial score (nSPS) is 11.1. The van der Waals surface area contributed by atoms with Gasteiger partial charge in [-0.25, -0.2) is 5.43 Å². The number of benzene rings is 4. The van der Waals surface area contributed by atoms with Crippen molar-refractivity contribution < 1.29 is 14.6 Å². The Kier molecular flexibility index (Phi) is 6.82. The number of aryl methyl sites for hydroxylation is 1. The van der Waals surface area contributed by atoms with E-state index in [2.05, 4.69) is 10.5 Å². The molecule has 0 aliphatic heterocycles. The third kappa shape index (κ3) is 5.45. The molecule has 0 aromatic heterocycles. The molecule has 5 nitrogen and oxygen atoms in total. The van der Waals surface area contributed by atoms with Crippen LogP contribution < -0.4 is 10.2 Å². The zero-order chi connectivity index (χ0) is 23.4. The number of carbonyl (C=O) groups excluding carboxylic acids is 1. The Morgan fingerprint density at radius 2 is 1.70 bits per heavy atom. The number of hydrogen-bond acceptors (Lipinski definition) is 4. The van der Waals surface area contributed by atoms with E-state index in [-0.39, 0.29) is 11.3 Å². The van der Waals surface area contributed by atoms with Crippen LogP contribution in [0.5, 0.6) is 11.5 Å². The number of hydrogen-bond donors (Lipinski definition) is 2. The Balaban J connectivity index is 1.44. The molecule has 0 unspecified atom stereocenters. The van der Waals surface area contributed by atoms with E-state index < -0.39 is 5.91 Å². The predicted octanol–water partition coefficient (Wildman–Crippen LogP) is 6.50. The van der Waals surface area contributed by atoms with Crippen LogP contribution in [0.15, 0.2) is 77.9 Å². The molecule has 0 saturated carbocycles. The Bertz CT molecular complexity index is 1350. The predicted molar refractivity (Wildman–Crippen MR) is 133 cm³/mol.